The topological polar surface area (TPSA) is 79.5 Å². The molecule has 0 fully saturated rings. The number of anilines is 2. The van der Waals surface area contributed by atoms with Crippen LogP contribution in [0.5, 0.6) is 0 Å². The van der Waals surface area contributed by atoms with Gasteiger partial charge in [0.2, 0.25) is 5.91 Å². The van der Waals surface area contributed by atoms with Crippen LogP contribution in [-0.2, 0) is 9.53 Å². The summed E-state index contributed by atoms with van der Waals surface area (Å²) in [5, 5.41) is 8.14. The van der Waals surface area contributed by atoms with Gasteiger partial charge in [-0.3, -0.25) is 10.1 Å². The van der Waals surface area contributed by atoms with Gasteiger partial charge in [-0.25, -0.2) is 4.79 Å². The van der Waals surface area contributed by atoms with E-state index in [1.807, 2.05) is 42.5 Å². The third kappa shape index (κ3) is 6.38. The predicted octanol–water partition coefficient (Wildman–Crippen LogP) is 4.24. The summed E-state index contributed by atoms with van der Waals surface area (Å²) in [6.07, 6.45) is -0.637. The second-order valence-electron chi connectivity index (χ2n) is 5.10. The second kappa shape index (κ2) is 9.79. The number of hydrogen-bond acceptors (Lipinski definition) is 5. The van der Waals surface area contributed by atoms with Crippen LogP contribution in [0, 0.1) is 0 Å². The fourth-order valence-electron chi connectivity index (χ4n) is 2.03. The molecule has 0 atom stereocenters. The van der Waals surface area contributed by atoms with Crippen molar-refractivity contribution in [1.82, 2.24) is 5.32 Å². The normalized spacial score (nSPS) is 9.92. The summed E-state index contributed by atoms with van der Waals surface area (Å²) in [4.78, 5) is 25.0. The van der Waals surface area contributed by atoms with Crippen molar-refractivity contribution in [3.05, 3.63) is 48.5 Å². The predicted molar refractivity (Wildman–Crippen MR) is 108 cm³/mol. The van der Waals surface area contributed by atoms with Gasteiger partial charge in [0.15, 0.2) is 5.11 Å². The van der Waals surface area contributed by atoms with E-state index >= 15 is 0 Å². The van der Waals surface area contributed by atoms with Crippen LogP contribution in [-0.4, -0.2) is 23.7 Å². The number of carbonyl (C=O) groups excluding carboxylic acids is 2. The van der Waals surface area contributed by atoms with Gasteiger partial charge in [0.25, 0.3) is 0 Å². The number of rotatable bonds is 5. The van der Waals surface area contributed by atoms with Crippen LogP contribution < -0.4 is 16.0 Å². The molecule has 0 spiro atoms. The van der Waals surface area contributed by atoms with Crippen molar-refractivity contribution in [3.8, 4) is 0 Å². The molecule has 2 aromatic rings. The van der Waals surface area contributed by atoms with Crippen LogP contribution >= 0.6 is 24.0 Å². The Morgan fingerprint density at radius 1 is 1.04 bits per heavy atom. The zero-order valence-electron chi connectivity index (χ0n) is 14.4. The summed E-state index contributed by atoms with van der Waals surface area (Å²) in [6, 6.07) is 15.4. The third-order valence-electron chi connectivity index (χ3n) is 3.02. The Kier molecular flexibility index (Phi) is 7.43. The molecule has 8 heteroatoms. The Hall–Kier alpha value is -2.58. The lowest BCUT2D eigenvalue weighted by atomic mass is 10.2. The highest BCUT2D eigenvalue weighted by Gasteiger charge is 2.10. The molecule has 0 aliphatic heterocycles. The maximum absolute atomic E-state index is 11.5. The Labute approximate surface area is 161 Å². The average molecular weight is 390 g/mol. The monoisotopic (exact) mass is 389 g/mol. The van der Waals surface area contributed by atoms with Crippen molar-refractivity contribution in [1.29, 1.82) is 0 Å². The van der Waals surface area contributed by atoms with E-state index in [0.29, 0.717) is 11.4 Å². The molecule has 0 radical (unpaired) electrons. The molecule has 0 saturated carbocycles. The van der Waals surface area contributed by atoms with Crippen LogP contribution in [0.15, 0.2) is 58.3 Å². The molecule has 6 nitrogen and oxygen atoms in total. The van der Waals surface area contributed by atoms with E-state index in [1.165, 1.54) is 6.92 Å². The number of ether oxygens (including phenoxy) is 1. The minimum absolute atomic E-state index is 0.0820. The molecule has 0 heterocycles. The first kappa shape index (κ1) is 19.7. The zero-order valence-corrected chi connectivity index (χ0v) is 16.0. The summed E-state index contributed by atoms with van der Waals surface area (Å²) in [6.45, 7) is 3.38. The quantitative estimate of drug-likeness (QED) is 0.664. The van der Waals surface area contributed by atoms with E-state index < -0.39 is 6.09 Å². The first-order valence-corrected chi connectivity index (χ1v) is 9.09. The van der Waals surface area contributed by atoms with Gasteiger partial charge < -0.3 is 15.4 Å². The van der Waals surface area contributed by atoms with Crippen LogP contribution in [0.1, 0.15) is 13.8 Å². The first-order valence-electron chi connectivity index (χ1n) is 7.87. The van der Waals surface area contributed by atoms with Crippen LogP contribution in [0.25, 0.3) is 0 Å². The minimum atomic E-state index is -0.637. The molecule has 0 aliphatic carbocycles. The Morgan fingerprint density at radius 3 is 2.42 bits per heavy atom. The third-order valence-corrected chi connectivity index (χ3v) is 4.22. The number of hydrogen-bond donors (Lipinski definition) is 3. The maximum atomic E-state index is 11.5. The Balaban J connectivity index is 2.16. The lowest BCUT2D eigenvalue weighted by Gasteiger charge is -2.15. The zero-order chi connectivity index (χ0) is 18.9. The number of nitrogens with one attached hydrogen (secondary N) is 3. The highest BCUT2D eigenvalue weighted by Crippen LogP contribution is 2.33. The first-order chi connectivity index (χ1) is 12.5. The van der Waals surface area contributed by atoms with E-state index in [4.69, 9.17) is 17.0 Å². The van der Waals surface area contributed by atoms with Crippen LogP contribution in [0.2, 0.25) is 0 Å². The van der Waals surface area contributed by atoms with Gasteiger partial charge in [-0.2, -0.15) is 0 Å². The summed E-state index contributed by atoms with van der Waals surface area (Å²) in [7, 11) is 0. The summed E-state index contributed by atoms with van der Waals surface area (Å²) in [5.41, 5.74) is 1.13. The Bertz CT molecular complexity index is 798. The average Bonchev–Trinajstić information content (AvgIpc) is 2.57. The Morgan fingerprint density at radius 2 is 1.77 bits per heavy atom. The van der Waals surface area contributed by atoms with E-state index in [0.717, 1.165) is 9.79 Å². The van der Waals surface area contributed by atoms with Crippen molar-refractivity contribution in [2.24, 2.45) is 0 Å². The van der Waals surface area contributed by atoms with E-state index in [-0.39, 0.29) is 17.6 Å². The summed E-state index contributed by atoms with van der Waals surface area (Å²) < 4.78 is 4.78. The van der Waals surface area contributed by atoms with E-state index in [9.17, 15) is 9.59 Å². The molecule has 0 saturated heterocycles. The smallest absolute Gasteiger partial charge is 0.413 e. The number of carbonyl (C=O) groups is 2. The summed E-state index contributed by atoms with van der Waals surface area (Å²) >= 11 is 6.67. The molecular formula is C18H19N3O3S2. The molecule has 3 N–H and O–H groups in total. The molecule has 0 aliphatic rings. The van der Waals surface area contributed by atoms with Gasteiger partial charge in [0.05, 0.1) is 18.0 Å². The molecule has 2 amide bonds. The number of thiocarbonyl (C=S) groups is 1. The van der Waals surface area contributed by atoms with Gasteiger partial charge in [-0.1, -0.05) is 30.0 Å². The lowest BCUT2D eigenvalue weighted by Crippen LogP contribution is -2.34. The number of benzene rings is 2. The largest absolute Gasteiger partial charge is 0.450 e. The maximum Gasteiger partial charge on any atom is 0.413 e. The van der Waals surface area contributed by atoms with Gasteiger partial charge >= 0.3 is 6.09 Å². The molecular weight excluding hydrogens is 370 g/mol. The van der Waals surface area contributed by atoms with Crippen molar-refractivity contribution in [3.63, 3.8) is 0 Å². The van der Waals surface area contributed by atoms with Crippen molar-refractivity contribution in [2.75, 3.05) is 17.2 Å². The van der Waals surface area contributed by atoms with E-state index in [1.54, 1.807) is 24.8 Å². The molecule has 26 heavy (non-hydrogen) atoms. The molecule has 0 aromatic heterocycles. The van der Waals surface area contributed by atoms with E-state index in [2.05, 4.69) is 16.0 Å². The summed E-state index contributed by atoms with van der Waals surface area (Å²) in [5.74, 6) is -0.209. The fraction of sp³-hybridized carbons (Fsp3) is 0.167. The van der Waals surface area contributed by atoms with Crippen LogP contribution in [0.4, 0.5) is 16.2 Å². The number of amides is 2. The standard InChI is InChI=1S/C18H19N3O3S2/c1-3-24-18(23)21-17(25)20-15-10-9-14(11-16(15)19-12(2)22)26-13-7-5-4-6-8-13/h4-11H,3H2,1-2H3,(H,19,22)(H2,20,21,23,25). The van der Waals surface area contributed by atoms with Gasteiger partial charge in [-0.05, 0) is 49.5 Å². The lowest BCUT2D eigenvalue weighted by molar-refractivity contribution is -0.114. The highest BCUT2D eigenvalue weighted by molar-refractivity contribution is 7.99. The van der Waals surface area contributed by atoms with Crippen molar-refractivity contribution in [2.45, 2.75) is 23.6 Å². The van der Waals surface area contributed by atoms with Gasteiger partial charge in [0, 0.05) is 16.7 Å². The minimum Gasteiger partial charge on any atom is -0.450 e. The molecule has 0 unspecified atom stereocenters. The van der Waals surface area contributed by atoms with Gasteiger partial charge in [0.1, 0.15) is 0 Å². The van der Waals surface area contributed by atoms with Crippen LogP contribution in [0.3, 0.4) is 0 Å². The fourth-order valence-corrected chi connectivity index (χ4v) is 3.10. The molecule has 2 rings (SSSR count). The molecule has 0 bridgehead atoms. The van der Waals surface area contributed by atoms with Gasteiger partial charge in [-0.15, -0.1) is 0 Å². The molecule has 136 valence electrons. The SMILES string of the molecule is CCOC(=O)NC(=S)Nc1ccc(Sc2ccccc2)cc1NC(C)=O. The highest BCUT2D eigenvalue weighted by atomic mass is 32.2. The second-order valence-corrected chi connectivity index (χ2v) is 6.66. The van der Waals surface area contributed by atoms with Crippen molar-refractivity contribution < 1.29 is 14.3 Å². The molecule has 2 aromatic carbocycles. The van der Waals surface area contributed by atoms with Crippen molar-refractivity contribution >= 4 is 52.5 Å². The number of alkyl carbamates (subject to hydrolysis) is 1.